The number of nitrogens with one attached hydrogen (secondary N) is 1. The van der Waals surface area contributed by atoms with Gasteiger partial charge in [0, 0.05) is 45.0 Å². The minimum atomic E-state index is 0.332. The Morgan fingerprint density at radius 2 is 1.83 bits per heavy atom. The number of aromatic nitrogens is 4. The van der Waals surface area contributed by atoms with E-state index in [1.54, 1.807) is 0 Å². The van der Waals surface area contributed by atoms with E-state index in [1.807, 2.05) is 18.7 Å². The number of hydrogen-bond donors (Lipinski definition) is 1. The molecule has 0 saturated heterocycles. The Balaban J connectivity index is 2.12. The van der Waals surface area contributed by atoms with Gasteiger partial charge in [0.25, 0.3) is 0 Å². The maximum absolute atomic E-state index is 4.73. The summed E-state index contributed by atoms with van der Waals surface area (Å²) in [7, 11) is 6.16. The van der Waals surface area contributed by atoms with Gasteiger partial charge in [-0.25, -0.2) is 0 Å². The first-order valence-corrected chi connectivity index (χ1v) is 8.68. The number of anilines is 1. The summed E-state index contributed by atoms with van der Waals surface area (Å²) in [6.45, 7) is 12.4. The van der Waals surface area contributed by atoms with Gasteiger partial charge in [-0.1, -0.05) is 13.8 Å². The molecule has 0 radical (unpaired) electrons. The molecule has 0 aliphatic carbocycles. The first-order valence-electron chi connectivity index (χ1n) is 8.68. The molecule has 6 heteroatoms. The lowest BCUT2D eigenvalue weighted by Crippen LogP contribution is -2.31. The van der Waals surface area contributed by atoms with Crippen molar-refractivity contribution < 1.29 is 0 Å². The third-order valence-electron chi connectivity index (χ3n) is 4.29. The number of rotatable bonds is 7. The summed E-state index contributed by atoms with van der Waals surface area (Å²) in [6.07, 6.45) is 0. The van der Waals surface area contributed by atoms with Crippen LogP contribution in [0.1, 0.15) is 49.3 Å². The van der Waals surface area contributed by atoms with E-state index in [1.165, 1.54) is 22.8 Å². The van der Waals surface area contributed by atoms with Crippen LogP contribution in [0, 0.1) is 13.8 Å². The molecule has 0 aliphatic heterocycles. The third-order valence-corrected chi connectivity index (χ3v) is 4.29. The standard InChI is InChI=1S/C18H32N6/c1-12(2)17-16(18(22(6)7)23(8)21-17)10-19-14(4)11-24-15(5)9-13(3)20-24/h9,12,14,19H,10-11H2,1-8H3/t14-/m1/s1. The molecular weight excluding hydrogens is 300 g/mol. The molecule has 0 amide bonds. The van der Waals surface area contributed by atoms with Crippen molar-refractivity contribution in [3.8, 4) is 0 Å². The van der Waals surface area contributed by atoms with Crippen LogP contribution in [0.25, 0.3) is 0 Å². The lowest BCUT2D eigenvalue weighted by molar-refractivity contribution is 0.443. The molecule has 2 aromatic rings. The van der Waals surface area contributed by atoms with Crippen LogP contribution in [0.15, 0.2) is 6.07 Å². The van der Waals surface area contributed by atoms with Crippen LogP contribution >= 0.6 is 0 Å². The SMILES string of the molecule is Cc1cc(C)n(C[C@@H](C)NCc2c(C(C)C)nn(C)c2N(C)C)n1. The van der Waals surface area contributed by atoms with Crippen LogP contribution in [0.3, 0.4) is 0 Å². The van der Waals surface area contributed by atoms with Crippen LogP contribution in [0.5, 0.6) is 0 Å². The van der Waals surface area contributed by atoms with E-state index in [2.05, 4.69) is 67.9 Å². The molecule has 1 atom stereocenters. The molecule has 0 bridgehead atoms. The lowest BCUT2D eigenvalue weighted by atomic mass is 10.1. The van der Waals surface area contributed by atoms with E-state index in [9.17, 15) is 0 Å². The number of nitrogens with zero attached hydrogens (tertiary/aromatic N) is 5. The number of hydrogen-bond acceptors (Lipinski definition) is 4. The molecule has 6 nitrogen and oxygen atoms in total. The van der Waals surface area contributed by atoms with Crippen LogP contribution < -0.4 is 10.2 Å². The Kier molecular flexibility index (Phi) is 5.70. The molecule has 2 heterocycles. The summed E-state index contributed by atoms with van der Waals surface area (Å²) in [5.74, 6) is 1.58. The Morgan fingerprint density at radius 3 is 2.33 bits per heavy atom. The van der Waals surface area contributed by atoms with E-state index in [0.717, 1.165) is 18.8 Å². The normalized spacial score (nSPS) is 12.9. The zero-order chi connectivity index (χ0) is 18.0. The third kappa shape index (κ3) is 3.98. The van der Waals surface area contributed by atoms with E-state index in [-0.39, 0.29) is 0 Å². The van der Waals surface area contributed by atoms with Crippen molar-refractivity contribution in [2.75, 3.05) is 19.0 Å². The van der Waals surface area contributed by atoms with Crippen molar-refractivity contribution in [3.05, 3.63) is 28.7 Å². The average Bonchev–Trinajstić information content (AvgIpc) is 2.96. The first-order chi connectivity index (χ1) is 11.2. The van der Waals surface area contributed by atoms with Gasteiger partial charge in [-0.15, -0.1) is 0 Å². The Hall–Kier alpha value is -1.82. The monoisotopic (exact) mass is 332 g/mol. The fourth-order valence-electron chi connectivity index (χ4n) is 3.23. The molecule has 2 aromatic heterocycles. The van der Waals surface area contributed by atoms with Gasteiger partial charge in [0.15, 0.2) is 0 Å². The van der Waals surface area contributed by atoms with Crippen molar-refractivity contribution in [3.63, 3.8) is 0 Å². The highest BCUT2D eigenvalue weighted by Gasteiger charge is 2.20. The van der Waals surface area contributed by atoms with E-state index < -0.39 is 0 Å². The van der Waals surface area contributed by atoms with Gasteiger partial charge >= 0.3 is 0 Å². The van der Waals surface area contributed by atoms with Crippen molar-refractivity contribution in [2.24, 2.45) is 7.05 Å². The molecule has 0 saturated carbocycles. The average molecular weight is 332 g/mol. The highest BCUT2D eigenvalue weighted by molar-refractivity contribution is 5.50. The van der Waals surface area contributed by atoms with E-state index in [0.29, 0.717) is 12.0 Å². The maximum Gasteiger partial charge on any atom is 0.130 e. The molecule has 0 aliphatic rings. The smallest absolute Gasteiger partial charge is 0.130 e. The van der Waals surface area contributed by atoms with E-state index in [4.69, 9.17) is 5.10 Å². The van der Waals surface area contributed by atoms with Gasteiger partial charge in [0.1, 0.15) is 5.82 Å². The summed E-state index contributed by atoms with van der Waals surface area (Å²) in [4.78, 5) is 2.14. The van der Waals surface area contributed by atoms with Gasteiger partial charge in [0.2, 0.25) is 0 Å². The van der Waals surface area contributed by atoms with Crippen LogP contribution in [0.2, 0.25) is 0 Å². The van der Waals surface area contributed by atoms with Gasteiger partial charge < -0.3 is 10.2 Å². The molecule has 134 valence electrons. The summed E-state index contributed by atoms with van der Waals surface area (Å²) in [5.41, 5.74) is 4.74. The summed E-state index contributed by atoms with van der Waals surface area (Å²) >= 11 is 0. The molecule has 2 rings (SSSR count). The zero-order valence-corrected chi connectivity index (χ0v) is 16.4. The van der Waals surface area contributed by atoms with Crippen molar-refractivity contribution in [1.29, 1.82) is 0 Å². The predicted molar refractivity (Wildman–Crippen MR) is 99.6 cm³/mol. The molecule has 0 unspecified atom stereocenters. The van der Waals surface area contributed by atoms with Crippen molar-refractivity contribution in [2.45, 2.75) is 59.7 Å². The number of aryl methyl sites for hydroxylation is 3. The quantitative estimate of drug-likeness (QED) is 0.847. The highest BCUT2D eigenvalue weighted by Crippen LogP contribution is 2.27. The fraction of sp³-hybridized carbons (Fsp3) is 0.667. The lowest BCUT2D eigenvalue weighted by Gasteiger charge is -2.19. The van der Waals surface area contributed by atoms with E-state index >= 15 is 0 Å². The summed E-state index contributed by atoms with van der Waals surface area (Å²) < 4.78 is 4.06. The largest absolute Gasteiger partial charge is 0.363 e. The maximum atomic E-state index is 4.73. The second-order valence-electron chi connectivity index (χ2n) is 7.25. The Morgan fingerprint density at radius 1 is 1.17 bits per heavy atom. The van der Waals surface area contributed by atoms with Gasteiger partial charge in [0.05, 0.1) is 17.9 Å². The second kappa shape index (κ2) is 7.38. The van der Waals surface area contributed by atoms with Crippen LogP contribution in [0.4, 0.5) is 5.82 Å². The molecule has 0 fully saturated rings. The van der Waals surface area contributed by atoms with Gasteiger partial charge in [-0.05, 0) is 32.8 Å². The van der Waals surface area contributed by atoms with Gasteiger partial charge in [-0.3, -0.25) is 9.36 Å². The van der Waals surface area contributed by atoms with Gasteiger partial charge in [-0.2, -0.15) is 10.2 Å². The highest BCUT2D eigenvalue weighted by atomic mass is 15.4. The minimum absolute atomic E-state index is 0.332. The zero-order valence-electron chi connectivity index (χ0n) is 16.4. The Labute approximate surface area is 145 Å². The minimum Gasteiger partial charge on any atom is -0.363 e. The summed E-state index contributed by atoms with van der Waals surface area (Å²) in [5, 5.41) is 12.9. The molecular formula is C18H32N6. The molecule has 1 N–H and O–H groups in total. The fourth-order valence-corrected chi connectivity index (χ4v) is 3.23. The van der Waals surface area contributed by atoms with Crippen LogP contribution in [-0.4, -0.2) is 39.7 Å². The molecule has 24 heavy (non-hydrogen) atoms. The molecule has 0 aromatic carbocycles. The summed E-state index contributed by atoms with van der Waals surface area (Å²) in [6, 6.07) is 2.45. The van der Waals surface area contributed by atoms with Crippen molar-refractivity contribution in [1.82, 2.24) is 24.9 Å². The van der Waals surface area contributed by atoms with Crippen LogP contribution in [-0.2, 0) is 20.1 Å². The molecule has 0 spiro atoms. The topological polar surface area (TPSA) is 50.9 Å². The Bertz CT molecular complexity index is 680. The predicted octanol–water partition coefficient (Wildman–Crippen LogP) is 2.60. The van der Waals surface area contributed by atoms with Crippen molar-refractivity contribution >= 4 is 5.82 Å². The second-order valence-corrected chi connectivity index (χ2v) is 7.25. The first kappa shape index (κ1) is 18.5.